The molecule has 6 heteroatoms. The Balaban J connectivity index is 1.50. The van der Waals surface area contributed by atoms with Crippen LogP contribution in [0.3, 0.4) is 0 Å². The topological polar surface area (TPSA) is 73.6 Å². The average Bonchev–Trinajstić information content (AvgIpc) is 3.22. The van der Waals surface area contributed by atoms with Crippen molar-refractivity contribution in [2.45, 2.75) is 39.3 Å². The highest BCUT2D eigenvalue weighted by Gasteiger charge is 2.17. The third kappa shape index (κ3) is 3.94. The summed E-state index contributed by atoms with van der Waals surface area (Å²) in [6.45, 7) is 5.34. The Morgan fingerprint density at radius 3 is 2.75 bits per heavy atom. The van der Waals surface area contributed by atoms with Gasteiger partial charge in [0.25, 0.3) is 5.91 Å². The number of ether oxygens (including phenoxy) is 2. The van der Waals surface area contributed by atoms with Crippen molar-refractivity contribution in [1.82, 2.24) is 10.5 Å². The summed E-state index contributed by atoms with van der Waals surface area (Å²) in [6.07, 6.45) is 2.38. The molecule has 0 radical (unpaired) electrons. The van der Waals surface area contributed by atoms with E-state index in [0.717, 1.165) is 30.8 Å². The van der Waals surface area contributed by atoms with Crippen molar-refractivity contribution >= 4 is 5.91 Å². The predicted octanol–water partition coefficient (Wildman–Crippen LogP) is 2.78. The van der Waals surface area contributed by atoms with Crippen LogP contribution in [0.2, 0.25) is 0 Å². The van der Waals surface area contributed by atoms with E-state index in [9.17, 15) is 4.79 Å². The largest absolute Gasteiger partial charge is 0.491 e. The molecular weight excluding hydrogens is 308 g/mol. The molecule has 1 aliphatic heterocycles. The summed E-state index contributed by atoms with van der Waals surface area (Å²) in [5.41, 5.74) is 2.11. The van der Waals surface area contributed by atoms with E-state index >= 15 is 0 Å². The van der Waals surface area contributed by atoms with Crippen LogP contribution >= 0.6 is 0 Å². The van der Waals surface area contributed by atoms with Gasteiger partial charge < -0.3 is 19.3 Å². The molecule has 3 rings (SSSR count). The van der Waals surface area contributed by atoms with Gasteiger partial charge in [-0.3, -0.25) is 4.79 Å². The van der Waals surface area contributed by atoms with Crippen LogP contribution in [0.15, 0.2) is 28.8 Å². The summed E-state index contributed by atoms with van der Waals surface area (Å²) in [5.74, 6) is 1.17. The van der Waals surface area contributed by atoms with Gasteiger partial charge in [-0.25, -0.2) is 0 Å². The lowest BCUT2D eigenvalue weighted by molar-refractivity contribution is 0.0679. The van der Waals surface area contributed by atoms with Gasteiger partial charge in [0.2, 0.25) is 0 Å². The highest BCUT2D eigenvalue weighted by Crippen LogP contribution is 2.17. The zero-order valence-electron chi connectivity index (χ0n) is 14.0. The van der Waals surface area contributed by atoms with E-state index in [-0.39, 0.29) is 12.0 Å². The van der Waals surface area contributed by atoms with Gasteiger partial charge in [-0.15, -0.1) is 0 Å². The minimum absolute atomic E-state index is 0.176. The number of nitrogens with zero attached hydrogens (tertiary/aromatic N) is 1. The number of aryl methyl sites for hydroxylation is 2. The number of amides is 1. The van der Waals surface area contributed by atoms with Gasteiger partial charge in [0.05, 0.1) is 11.8 Å². The summed E-state index contributed by atoms with van der Waals surface area (Å²) in [5, 5.41) is 6.67. The minimum atomic E-state index is -0.176. The normalized spacial score (nSPS) is 17.0. The SMILES string of the molecule is Cc1noc(C)c1C(=O)NCc1ccc(OCC2CCCO2)cc1. The first-order chi connectivity index (χ1) is 11.6. The second kappa shape index (κ2) is 7.49. The molecule has 2 aromatic rings. The van der Waals surface area contributed by atoms with Crippen LogP contribution in [0.4, 0.5) is 0 Å². The van der Waals surface area contributed by atoms with Gasteiger partial charge in [0, 0.05) is 13.2 Å². The van der Waals surface area contributed by atoms with Crippen molar-refractivity contribution in [1.29, 1.82) is 0 Å². The molecule has 0 saturated carbocycles. The van der Waals surface area contributed by atoms with Gasteiger partial charge in [-0.1, -0.05) is 17.3 Å². The molecule has 0 spiro atoms. The fraction of sp³-hybridized carbons (Fsp3) is 0.444. The number of aromatic nitrogens is 1. The first kappa shape index (κ1) is 16.5. The molecule has 1 unspecified atom stereocenters. The van der Waals surface area contributed by atoms with Gasteiger partial charge >= 0.3 is 0 Å². The second-order valence-electron chi connectivity index (χ2n) is 5.97. The van der Waals surface area contributed by atoms with Crippen molar-refractivity contribution in [3.05, 3.63) is 46.8 Å². The fourth-order valence-electron chi connectivity index (χ4n) is 2.75. The van der Waals surface area contributed by atoms with Crippen LogP contribution in [0, 0.1) is 13.8 Å². The number of carbonyl (C=O) groups is 1. The van der Waals surface area contributed by atoms with Crippen LogP contribution in [0.5, 0.6) is 5.75 Å². The lowest BCUT2D eigenvalue weighted by atomic mass is 10.1. The maximum absolute atomic E-state index is 12.2. The highest BCUT2D eigenvalue weighted by atomic mass is 16.5. The number of hydrogen-bond donors (Lipinski definition) is 1. The van der Waals surface area contributed by atoms with Crippen LogP contribution in [-0.2, 0) is 11.3 Å². The Morgan fingerprint density at radius 1 is 1.33 bits per heavy atom. The third-order valence-electron chi connectivity index (χ3n) is 4.10. The molecule has 1 amide bonds. The van der Waals surface area contributed by atoms with Crippen molar-refractivity contribution < 1.29 is 18.8 Å². The van der Waals surface area contributed by atoms with Crippen LogP contribution in [-0.4, -0.2) is 30.4 Å². The van der Waals surface area contributed by atoms with Crippen LogP contribution < -0.4 is 10.1 Å². The highest BCUT2D eigenvalue weighted by molar-refractivity contribution is 5.96. The van der Waals surface area contributed by atoms with Crippen LogP contribution in [0.1, 0.15) is 40.2 Å². The van der Waals surface area contributed by atoms with E-state index in [1.807, 2.05) is 24.3 Å². The standard InChI is InChI=1S/C18H22N2O4/c1-12-17(13(2)24-20-12)18(21)19-10-14-5-7-15(8-6-14)23-11-16-4-3-9-22-16/h5-8,16H,3-4,9-11H2,1-2H3,(H,19,21). The Bertz CT molecular complexity index is 668. The first-order valence-electron chi connectivity index (χ1n) is 8.18. The van der Waals surface area contributed by atoms with Crippen LogP contribution in [0.25, 0.3) is 0 Å². The lowest BCUT2D eigenvalue weighted by Crippen LogP contribution is -2.23. The van der Waals surface area contributed by atoms with Crippen molar-refractivity contribution in [2.75, 3.05) is 13.2 Å². The molecule has 1 fully saturated rings. The van der Waals surface area contributed by atoms with Gasteiger partial charge in [0.15, 0.2) is 0 Å². The van der Waals surface area contributed by atoms with Gasteiger partial charge in [-0.05, 0) is 44.4 Å². The number of nitrogens with one attached hydrogen (secondary N) is 1. The number of rotatable bonds is 6. The summed E-state index contributed by atoms with van der Waals surface area (Å²) in [6, 6.07) is 7.70. The van der Waals surface area contributed by atoms with E-state index in [1.165, 1.54) is 0 Å². The number of carbonyl (C=O) groups excluding carboxylic acids is 1. The lowest BCUT2D eigenvalue weighted by Gasteiger charge is -2.12. The molecule has 1 N–H and O–H groups in total. The molecular formula is C18H22N2O4. The van der Waals surface area contributed by atoms with Crippen molar-refractivity contribution in [2.24, 2.45) is 0 Å². The quantitative estimate of drug-likeness (QED) is 0.881. The van der Waals surface area contributed by atoms with E-state index in [4.69, 9.17) is 14.0 Å². The Hall–Kier alpha value is -2.34. The Labute approximate surface area is 141 Å². The molecule has 1 atom stereocenters. The monoisotopic (exact) mass is 330 g/mol. The molecule has 24 heavy (non-hydrogen) atoms. The summed E-state index contributed by atoms with van der Waals surface area (Å²) >= 11 is 0. The van der Waals surface area contributed by atoms with Crippen molar-refractivity contribution in [3.63, 3.8) is 0 Å². The summed E-state index contributed by atoms with van der Waals surface area (Å²) in [4.78, 5) is 12.2. The molecule has 1 aromatic heterocycles. The van der Waals surface area contributed by atoms with E-state index in [0.29, 0.717) is 30.2 Å². The average molecular weight is 330 g/mol. The molecule has 6 nitrogen and oxygen atoms in total. The van der Waals surface area contributed by atoms with E-state index < -0.39 is 0 Å². The molecule has 0 bridgehead atoms. The Morgan fingerprint density at radius 2 is 2.12 bits per heavy atom. The van der Waals surface area contributed by atoms with Crippen molar-refractivity contribution in [3.8, 4) is 5.75 Å². The fourth-order valence-corrected chi connectivity index (χ4v) is 2.75. The zero-order valence-corrected chi connectivity index (χ0v) is 14.0. The molecule has 1 aromatic carbocycles. The smallest absolute Gasteiger partial charge is 0.257 e. The predicted molar refractivity (Wildman–Crippen MR) is 88.1 cm³/mol. The maximum atomic E-state index is 12.2. The zero-order chi connectivity index (χ0) is 16.9. The summed E-state index contributed by atoms with van der Waals surface area (Å²) < 4.78 is 16.3. The Kier molecular flexibility index (Phi) is 5.15. The number of hydrogen-bond acceptors (Lipinski definition) is 5. The first-order valence-corrected chi connectivity index (χ1v) is 8.18. The van der Waals surface area contributed by atoms with Gasteiger partial charge in [-0.2, -0.15) is 0 Å². The second-order valence-corrected chi connectivity index (χ2v) is 5.97. The molecule has 2 heterocycles. The molecule has 0 aliphatic carbocycles. The molecule has 1 aliphatic rings. The summed E-state index contributed by atoms with van der Waals surface area (Å²) in [7, 11) is 0. The molecule has 128 valence electrons. The van der Waals surface area contributed by atoms with Gasteiger partial charge in [0.1, 0.15) is 23.7 Å². The third-order valence-corrected chi connectivity index (χ3v) is 4.10. The van der Waals surface area contributed by atoms with E-state index in [2.05, 4.69) is 10.5 Å². The molecule has 1 saturated heterocycles. The maximum Gasteiger partial charge on any atom is 0.257 e. The minimum Gasteiger partial charge on any atom is -0.491 e. The van der Waals surface area contributed by atoms with E-state index in [1.54, 1.807) is 13.8 Å². The number of benzene rings is 1.